The lowest BCUT2D eigenvalue weighted by Crippen LogP contribution is -2.32. The molecule has 19 heavy (non-hydrogen) atoms. The molecule has 1 unspecified atom stereocenters. The number of rotatable bonds is 3. The number of sulfone groups is 1. The van der Waals surface area contributed by atoms with Gasteiger partial charge < -0.3 is 10.6 Å². The molecule has 104 valence electrons. The number of nitrogens with one attached hydrogen (secondary N) is 1. The Balaban J connectivity index is 2.25. The van der Waals surface area contributed by atoms with Crippen molar-refractivity contribution in [3.63, 3.8) is 0 Å². The molecule has 1 saturated heterocycles. The minimum absolute atomic E-state index is 0.0421. The van der Waals surface area contributed by atoms with E-state index in [1.54, 1.807) is 18.2 Å². The lowest BCUT2D eigenvalue weighted by Gasteiger charge is -2.26. The minimum atomic E-state index is -2.92. The van der Waals surface area contributed by atoms with Gasteiger partial charge in [0.2, 0.25) is 0 Å². The molecule has 0 saturated carbocycles. The van der Waals surface area contributed by atoms with Gasteiger partial charge in [-0.25, -0.2) is 8.42 Å². The molecular weight excluding hydrogens is 286 g/mol. The van der Waals surface area contributed by atoms with Gasteiger partial charge in [0.1, 0.15) is 5.84 Å². The highest BCUT2D eigenvalue weighted by atomic mass is 35.5. The maximum Gasteiger partial charge on any atom is 0.152 e. The quantitative estimate of drug-likeness (QED) is 0.650. The molecule has 7 heteroatoms. The van der Waals surface area contributed by atoms with Crippen LogP contribution in [-0.4, -0.2) is 38.8 Å². The Bertz CT molecular complexity index is 615. The highest BCUT2D eigenvalue weighted by Gasteiger charge is 2.31. The van der Waals surface area contributed by atoms with Crippen molar-refractivity contribution in [2.24, 2.45) is 5.73 Å². The Hall–Kier alpha value is -1.27. The summed E-state index contributed by atoms with van der Waals surface area (Å²) in [4.78, 5) is 1.89. The number of nitrogens with zero attached hydrogens (tertiary/aromatic N) is 1. The van der Waals surface area contributed by atoms with Crippen molar-refractivity contribution in [1.82, 2.24) is 0 Å². The number of hydrogen-bond donors (Lipinski definition) is 2. The average Bonchev–Trinajstić information content (AvgIpc) is 2.68. The lowest BCUT2D eigenvalue weighted by atomic mass is 10.1. The van der Waals surface area contributed by atoms with Crippen LogP contribution in [0.4, 0.5) is 5.69 Å². The minimum Gasteiger partial charge on any atom is -0.384 e. The summed E-state index contributed by atoms with van der Waals surface area (Å²) in [6.07, 6.45) is 0.615. The summed E-state index contributed by atoms with van der Waals surface area (Å²) in [5.74, 6) is 0.346. The molecule has 2 rings (SSSR count). The van der Waals surface area contributed by atoms with E-state index in [0.29, 0.717) is 17.0 Å². The molecule has 0 amide bonds. The molecule has 1 aromatic carbocycles. The molecule has 1 fully saturated rings. The summed E-state index contributed by atoms with van der Waals surface area (Å²) in [7, 11) is -1.09. The lowest BCUT2D eigenvalue weighted by molar-refractivity contribution is 0.601. The smallest absolute Gasteiger partial charge is 0.152 e. The number of hydrogen-bond acceptors (Lipinski definition) is 4. The first-order valence-corrected chi connectivity index (χ1v) is 8.07. The van der Waals surface area contributed by atoms with E-state index < -0.39 is 9.84 Å². The molecule has 0 bridgehead atoms. The third kappa shape index (κ3) is 3.01. The Morgan fingerprint density at radius 3 is 2.68 bits per heavy atom. The van der Waals surface area contributed by atoms with Crippen LogP contribution in [0, 0.1) is 5.41 Å². The zero-order valence-corrected chi connectivity index (χ0v) is 12.1. The number of anilines is 1. The number of amidine groups is 1. The van der Waals surface area contributed by atoms with Gasteiger partial charge in [-0.05, 0) is 24.6 Å². The van der Waals surface area contributed by atoms with Crippen LogP contribution in [0.1, 0.15) is 12.0 Å². The van der Waals surface area contributed by atoms with Crippen molar-refractivity contribution in [1.29, 1.82) is 5.41 Å². The van der Waals surface area contributed by atoms with E-state index in [4.69, 9.17) is 22.7 Å². The van der Waals surface area contributed by atoms with Crippen molar-refractivity contribution in [3.05, 3.63) is 28.8 Å². The van der Waals surface area contributed by atoms with Crippen LogP contribution in [0.3, 0.4) is 0 Å². The molecule has 0 spiro atoms. The molecule has 0 aliphatic carbocycles. The maximum atomic E-state index is 11.5. The Kier molecular flexibility index (Phi) is 3.73. The van der Waals surface area contributed by atoms with Crippen molar-refractivity contribution >= 4 is 33.0 Å². The summed E-state index contributed by atoms with van der Waals surface area (Å²) in [6.45, 7) is 0. The van der Waals surface area contributed by atoms with E-state index in [1.807, 2.05) is 11.9 Å². The first kappa shape index (κ1) is 14.1. The van der Waals surface area contributed by atoms with Gasteiger partial charge in [0.05, 0.1) is 22.2 Å². The van der Waals surface area contributed by atoms with Crippen LogP contribution in [0.5, 0.6) is 0 Å². The Morgan fingerprint density at radius 2 is 2.21 bits per heavy atom. The predicted molar refractivity (Wildman–Crippen MR) is 77.9 cm³/mol. The molecule has 1 heterocycles. The summed E-state index contributed by atoms with van der Waals surface area (Å²) in [5, 5.41) is 7.83. The first-order chi connectivity index (χ1) is 8.80. The first-order valence-electron chi connectivity index (χ1n) is 5.87. The third-order valence-corrected chi connectivity index (χ3v) is 5.45. The van der Waals surface area contributed by atoms with Crippen LogP contribution in [0.2, 0.25) is 5.02 Å². The number of benzene rings is 1. The van der Waals surface area contributed by atoms with Gasteiger partial charge in [-0.1, -0.05) is 11.6 Å². The fraction of sp³-hybridized carbons (Fsp3) is 0.417. The van der Waals surface area contributed by atoms with E-state index in [-0.39, 0.29) is 23.4 Å². The largest absolute Gasteiger partial charge is 0.384 e. The summed E-state index contributed by atoms with van der Waals surface area (Å²) < 4.78 is 23.0. The van der Waals surface area contributed by atoms with E-state index in [0.717, 1.165) is 5.69 Å². The second-order valence-electron chi connectivity index (χ2n) is 4.75. The average molecular weight is 302 g/mol. The van der Waals surface area contributed by atoms with Gasteiger partial charge in [-0.3, -0.25) is 5.41 Å². The number of nitrogens with two attached hydrogens (primary N) is 1. The van der Waals surface area contributed by atoms with Gasteiger partial charge >= 0.3 is 0 Å². The summed E-state index contributed by atoms with van der Waals surface area (Å²) in [5.41, 5.74) is 6.71. The maximum absolute atomic E-state index is 11.5. The Morgan fingerprint density at radius 1 is 1.53 bits per heavy atom. The summed E-state index contributed by atoms with van der Waals surface area (Å²) in [6, 6.07) is 5.05. The second-order valence-corrected chi connectivity index (χ2v) is 7.38. The van der Waals surface area contributed by atoms with Crippen molar-refractivity contribution in [3.8, 4) is 0 Å². The van der Waals surface area contributed by atoms with Crippen LogP contribution in [0.15, 0.2) is 18.2 Å². The van der Waals surface area contributed by atoms with Crippen molar-refractivity contribution in [2.75, 3.05) is 23.5 Å². The van der Waals surface area contributed by atoms with Crippen molar-refractivity contribution in [2.45, 2.75) is 12.5 Å². The van der Waals surface area contributed by atoms with E-state index in [9.17, 15) is 8.42 Å². The standard InChI is InChI=1S/C12H16ClN3O2S/c1-16(9-4-5-19(17,18)7-9)11-3-2-8(12(14)15)6-10(11)13/h2-3,6,9H,4-5,7H2,1H3,(H3,14,15). The third-order valence-electron chi connectivity index (χ3n) is 3.39. The zero-order chi connectivity index (χ0) is 14.2. The second kappa shape index (κ2) is 5.02. The van der Waals surface area contributed by atoms with Gasteiger partial charge in [-0.2, -0.15) is 0 Å². The number of nitrogen functional groups attached to an aromatic ring is 1. The fourth-order valence-electron chi connectivity index (χ4n) is 2.24. The summed E-state index contributed by atoms with van der Waals surface area (Å²) >= 11 is 6.17. The normalized spacial score (nSPS) is 21.3. The molecule has 1 aliphatic rings. The van der Waals surface area contributed by atoms with Gasteiger partial charge in [0.15, 0.2) is 9.84 Å². The molecule has 1 aromatic rings. The van der Waals surface area contributed by atoms with Crippen LogP contribution in [-0.2, 0) is 9.84 Å². The molecule has 3 N–H and O–H groups in total. The Labute approximate surface area is 117 Å². The van der Waals surface area contributed by atoms with Crippen molar-refractivity contribution < 1.29 is 8.42 Å². The van der Waals surface area contributed by atoms with Gasteiger partial charge in [0, 0.05) is 18.7 Å². The van der Waals surface area contributed by atoms with Crippen LogP contribution < -0.4 is 10.6 Å². The monoisotopic (exact) mass is 301 g/mol. The van der Waals surface area contributed by atoms with Crippen LogP contribution >= 0.6 is 11.6 Å². The topological polar surface area (TPSA) is 87.2 Å². The zero-order valence-electron chi connectivity index (χ0n) is 10.6. The predicted octanol–water partition coefficient (Wildman–Crippen LogP) is 1.25. The van der Waals surface area contributed by atoms with Crippen LogP contribution in [0.25, 0.3) is 0 Å². The highest BCUT2D eigenvalue weighted by molar-refractivity contribution is 7.91. The number of halogens is 1. The molecule has 5 nitrogen and oxygen atoms in total. The molecule has 0 radical (unpaired) electrons. The van der Waals surface area contributed by atoms with Gasteiger partial charge in [0.25, 0.3) is 0 Å². The van der Waals surface area contributed by atoms with E-state index in [1.165, 1.54) is 0 Å². The van der Waals surface area contributed by atoms with E-state index in [2.05, 4.69) is 0 Å². The van der Waals surface area contributed by atoms with Gasteiger partial charge in [-0.15, -0.1) is 0 Å². The molecule has 1 aliphatic heterocycles. The molecule has 0 aromatic heterocycles. The molecule has 1 atom stereocenters. The molecular formula is C12H16ClN3O2S. The fourth-order valence-corrected chi connectivity index (χ4v) is 4.33. The SMILES string of the molecule is CN(c1ccc(C(=N)N)cc1Cl)C1CCS(=O)(=O)C1. The van der Waals surface area contributed by atoms with E-state index >= 15 is 0 Å². The highest BCUT2D eigenvalue weighted by Crippen LogP contribution is 2.30.